The first-order valence-corrected chi connectivity index (χ1v) is 12.6. The van der Waals surface area contributed by atoms with E-state index >= 15 is 0 Å². The summed E-state index contributed by atoms with van der Waals surface area (Å²) in [4.78, 5) is 31.1. The van der Waals surface area contributed by atoms with E-state index in [0.717, 1.165) is 4.47 Å². The quantitative estimate of drug-likeness (QED) is 0.233. The molecule has 1 aromatic heterocycles. The molecule has 2 heterocycles. The molecule has 3 aromatic carbocycles. The molecule has 7 nitrogen and oxygen atoms in total. The van der Waals surface area contributed by atoms with E-state index in [1.54, 1.807) is 61.5 Å². The minimum Gasteiger partial charge on any atom is -0.494 e. The summed E-state index contributed by atoms with van der Waals surface area (Å²) >= 11 is 9.12. The van der Waals surface area contributed by atoms with E-state index < -0.39 is 11.5 Å². The molecule has 0 bridgehead atoms. The zero-order valence-electron chi connectivity index (χ0n) is 19.6. The molecule has 184 valence electrons. The number of benzene rings is 3. The molecule has 0 atom stereocenters. The number of aromatic nitrogens is 2. The number of esters is 1. The van der Waals surface area contributed by atoms with Crippen LogP contribution in [0.1, 0.15) is 18.1 Å². The lowest BCUT2D eigenvalue weighted by molar-refractivity contribution is -0.134. The van der Waals surface area contributed by atoms with Gasteiger partial charge in [0.05, 0.1) is 23.7 Å². The second kappa shape index (κ2) is 10.1. The number of ether oxygens (including phenoxy) is 1. The molecule has 37 heavy (non-hydrogen) atoms. The summed E-state index contributed by atoms with van der Waals surface area (Å²) in [6.07, 6.45) is 1.48. The van der Waals surface area contributed by atoms with Crippen molar-refractivity contribution >= 4 is 57.2 Å². The van der Waals surface area contributed by atoms with Gasteiger partial charge < -0.3 is 9.84 Å². The van der Waals surface area contributed by atoms with Crippen LogP contribution in [0.4, 0.5) is 5.69 Å². The lowest BCUT2D eigenvalue weighted by Crippen LogP contribution is -2.26. The molecule has 9 heteroatoms. The van der Waals surface area contributed by atoms with Crippen molar-refractivity contribution < 1.29 is 14.6 Å². The maximum Gasteiger partial charge on any atom is 0.357 e. The summed E-state index contributed by atoms with van der Waals surface area (Å²) in [6, 6.07) is 23.3. The largest absolute Gasteiger partial charge is 0.494 e. The van der Waals surface area contributed by atoms with Crippen molar-refractivity contribution in [2.45, 2.75) is 6.92 Å². The second-order valence-electron chi connectivity index (χ2n) is 8.06. The molecule has 1 aliphatic rings. The van der Waals surface area contributed by atoms with Crippen LogP contribution in [0.25, 0.3) is 23.0 Å². The Bertz CT molecular complexity index is 1700. The Morgan fingerprint density at radius 2 is 1.65 bits per heavy atom. The number of hydrogen-bond acceptors (Lipinski definition) is 6. The fraction of sp³-hybridized carbons (Fsp3) is 0.0714. The molecule has 0 unspecified atom stereocenters. The number of carbonyl (C=O) groups excluding carboxylic acids is 1. The third-order valence-corrected chi connectivity index (χ3v) is 6.70. The molecule has 1 N–H and O–H groups in total. The normalized spacial score (nSPS) is 13.4. The van der Waals surface area contributed by atoms with Gasteiger partial charge in [-0.3, -0.25) is 13.9 Å². The van der Waals surface area contributed by atoms with Crippen LogP contribution >= 0.6 is 28.1 Å². The van der Waals surface area contributed by atoms with Gasteiger partial charge in [-0.25, -0.2) is 9.79 Å². The van der Waals surface area contributed by atoms with E-state index in [2.05, 4.69) is 20.9 Å². The average molecular weight is 574 g/mol. The van der Waals surface area contributed by atoms with Gasteiger partial charge in [0, 0.05) is 15.6 Å². The summed E-state index contributed by atoms with van der Waals surface area (Å²) in [7, 11) is 0. The Labute approximate surface area is 225 Å². The van der Waals surface area contributed by atoms with Crippen molar-refractivity contribution in [3.8, 4) is 17.3 Å². The first kappa shape index (κ1) is 24.6. The first-order chi connectivity index (χ1) is 17.9. The maximum atomic E-state index is 13.9. The number of nitrogens with zero attached hydrogens (tertiary/aromatic N) is 3. The van der Waals surface area contributed by atoms with Gasteiger partial charge >= 0.3 is 5.97 Å². The third-order valence-electron chi connectivity index (χ3n) is 5.81. The summed E-state index contributed by atoms with van der Waals surface area (Å²) in [5.74, 6) is -0.974. The topological polar surface area (TPSA) is 85.8 Å². The van der Waals surface area contributed by atoms with Crippen LogP contribution in [-0.4, -0.2) is 32.5 Å². The smallest absolute Gasteiger partial charge is 0.357 e. The Morgan fingerprint density at radius 3 is 2.35 bits per heavy atom. The van der Waals surface area contributed by atoms with Crippen molar-refractivity contribution in [3.63, 3.8) is 0 Å². The molecule has 0 spiro atoms. The molecule has 0 amide bonds. The van der Waals surface area contributed by atoms with E-state index in [-0.39, 0.29) is 28.5 Å². The van der Waals surface area contributed by atoms with Crippen LogP contribution in [0.3, 0.4) is 0 Å². The molecule has 0 aliphatic carbocycles. The fourth-order valence-corrected chi connectivity index (χ4v) is 4.77. The highest BCUT2D eigenvalue weighted by Gasteiger charge is 2.29. The van der Waals surface area contributed by atoms with Crippen LogP contribution < -0.4 is 5.56 Å². The van der Waals surface area contributed by atoms with Crippen molar-refractivity contribution in [2.24, 2.45) is 4.99 Å². The Hall–Kier alpha value is -4.08. The highest BCUT2D eigenvalue weighted by atomic mass is 79.9. The van der Waals surface area contributed by atoms with E-state index in [1.165, 1.54) is 15.2 Å². The molecule has 0 saturated heterocycles. The van der Waals surface area contributed by atoms with Crippen molar-refractivity contribution in [1.82, 2.24) is 9.13 Å². The Balaban J connectivity index is 1.84. The number of carbonyl (C=O) groups is 1. The van der Waals surface area contributed by atoms with Gasteiger partial charge in [-0.15, -0.1) is 0 Å². The summed E-state index contributed by atoms with van der Waals surface area (Å²) in [6.45, 7) is 1.87. The van der Waals surface area contributed by atoms with Gasteiger partial charge in [0.2, 0.25) is 5.88 Å². The predicted molar refractivity (Wildman–Crippen MR) is 150 cm³/mol. The Morgan fingerprint density at radius 1 is 1.00 bits per heavy atom. The van der Waals surface area contributed by atoms with E-state index in [1.807, 2.05) is 24.3 Å². The van der Waals surface area contributed by atoms with Crippen LogP contribution in [0.15, 0.2) is 93.1 Å². The van der Waals surface area contributed by atoms with Gasteiger partial charge in [0.25, 0.3) is 5.56 Å². The lowest BCUT2D eigenvalue weighted by Gasteiger charge is -2.17. The van der Waals surface area contributed by atoms with Crippen molar-refractivity contribution in [1.29, 1.82) is 0 Å². The maximum absolute atomic E-state index is 13.9. The van der Waals surface area contributed by atoms with E-state index in [9.17, 15) is 14.7 Å². The van der Waals surface area contributed by atoms with Gasteiger partial charge in [-0.1, -0.05) is 52.3 Å². The third kappa shape index (κ3) is 4.47. The number of fused-ring (bicyclic) bond motifs is 1. The number of hydrogen-bond donors (Lipinski definition) is 1. The molecule has 4 aromatic rings. The molecular weight excluding hydrogens is 554 g/mol. The molecule has 0 saturated carbocycles. The average Bonchev–Trinajstić information content (AvgIpc) is 3.27. The standard InChI is InChI=1S/C28H20BrN3O4S/c1-2-36-27(35)24-21(20-10-6-7-11-23(20)30-24)16-22-25(33)31(18-8-4-3-5-9-18)28(37)32(26(22)34)19-14-12-17(29)13-15-19/h3-16,34H,2H2,1H3/b21-16-. The summed E-state index contributed by atoms with van der Waals surface area (Å²) in [5, 5.41) is 11.5. The van der Waals surface area contributed by atoms with Gasteiger partial charge in [0.15, 0.2) is 10.5 Å². The van der Waals surface area contributed by atoms with Crippen molar-refractivity contribution in [3.05, 3.63) is 110 Å². The number of aliphatic imine (C=N–C) groups is 1. The minimum atomic E-state index is -0.617. The van der Waals surface area contributed by atoms with Crippen LogP contribution in [0.2, 0.25) is 0 Å². The second-order valence-corrected chi connectivity index (χ2v) is 9.34. The summed E-state index contributed by atoms with van der Waals surface area (Å²) < 4.78 is 8.93. The van der Waals surface area contributed by atoms with Gasteiger partial charge in [-0.05, 0) is 67.7 Å². The van der Waals surface area contributed by atoms with Crippen LogP contribution in [0.5, 0.6) is 5.88 Å². The number of aromatic hydroxyl groups is 1. The van der Waals surface area contributed by atoms with Crippen LogP contribution in [-0.2, 0) is 9.53 Å². The predicted octanol–water partition coefficient (Wildman–Crippen LogP) is 6.02. The monoisotopic (exact) mass is 573 g/mol. The van der Waals surface area contributed by atoms with E-state index in [0.29, 0.717) is 28.2 Å². The number of para-hydroxylation sites is 2. The lowest BCUT2D eigenvalue weighted by atomic mass is 10.0. The SMILES string of the molecule is CCOC(=O)C1=Nc2ccccc2/C1=C/c1c(O)n(-c2ccc(Br)cc2)c(=S)n(-c2ccccc2)c1=O. The molecule has 0 radical (unpaired) electrons. The highest BCUT2D eigenvalue weighted by molar-refractivity contribution is 9.10. The van der Waals surface area contributed by atoms with Crippen molar-refractivity contribution in [2.75, 3.05) is 6.61 Å². The zero-order valence-corrected chi connectivity index (χ0v) is 22.0. The summed E-state index contributed by atoms with van der Waals surface area (Å²) in [5.41, 5.74) is 2.15. The minimum absolute atomic E-state index is 0.0518. The highest BCUT2D eigenvalue weighted by Crippen LogP contribution is 2.37. The number of halogens is 1. The van der Waals surface area contributed by atoms with Gasteiger partial charge in [0.1, 0.15) is 5.56 Å². The molecular formula is C28H20BrN3O4S. The molecule has 0 fully saturated rings. The Kier molecular flexibility index (Phi) is 6.73. The van der Waals surface area contributed by atoms with Crippen LogP contribution in [0, 0.1) is 4.77 Å². The van der Waals surface area contributed by atoms with Gasteiger partial charge in [-0.2, -0.15) is 0 Å². The first-order valence-electron chi connectivity index (χ1n) is 11.4. The molecule has 5 rings (SSSR count). The van der Waals surface area contributed by atoms with E-state index in [4.69, 9.17) is 17.0 Å². The fourth-order valence-electron chi connectivity index (χ4n) is 4.12. The molecule has 1 aliphatic heterocycles. The number of rotatable bonds is 5. The zero-order chi connectivity index (χ0) is 26.1.